The minimum Gasteiger partial charge on any atom is -0.493 e. The maximum atomic E-state index is 13.7. The first-order chi connectivity index (χ1) is 20.3. The van der Waals surface area contributed by atoms with Crippen LogP contribution in [0.5, 0.6) is 5.75 Å². The fourth-order valence-electron chi connectivity index (χ4n) is 5.44. The normalized spacial score (nSPS) is 13.6. The van der Waals surface area contributed by atoms with E-state index < -0.39 is 11.4 Å². The number of amides is 2. The van der Waals surface area contributed by atoms with Crippen LogP contribution in [0.2, 0.25) is 0 Å². The first-order valence-electron chi connectivity index (χ1n) is 13.9. The van der Waals surface area contributed by atoms with Crippen LogP contribution < -0.4 is 15.8 Å². The smallest absolute Gasteiger partial charge is 0.255 e. The molecule has 3 aromatic carbocycles. The Morgan fingerprint density at radius 3 is 2.52 bits per heavy atom. The van der Waals surface area contributed by atoms with Gasteiger partial charge >= 0.3 is 0 Å². The lowest BCUT2D eigenvalue weighted by Gasteiger charge is -2.20. The van der Waals surface area contributed by atoms with Gasteiger partial charge in [0.05, 0.1) is 29.0 Å². The van der Waals surface area contributed by atoms with Crippen LogP contribution in [0.3, 0.4) is 0 Å². The van der Waals surface area contributed by atoms with Gasteiger partial charge in [0.2, 0.25) is 0 Å². The number of pyridine rings is 1. The molecule has 2 heterocycles. The highest BCUT2D eigenvalue weighted by atomic mass is 19.1. The Morgan fingerprint density at radius 1 is 1.07 bits per heavy atom. The zero-order valence-corrected chi connectivity index (χ0v) is 23.4. The summed E-state index contributed by atoms with van der Waals surface area (Å²) in [6, 6.07) is 21.0. The van der Waals surface area contributed by atoms with Crippen molar-refractivity contribution >= 4 is 22.8 Å². The molecule has 2 aromatic heterocycles. The van der Waals surface area contributed by atoms with Gasteiger partial charge in [-0.05, 0) is 97.5 Å². The van der Waals surface area contributed by atoms with Crippen molar-refractivity contribution in [3.05, 3.63) is 119 Å². The second kappa shape index (κ2) is 10.8. The Hall–Kier alpha value is -4.98. The molecule has 0 saturated heterocycles. The van der Waals surface area contributed by atoms with Crippen molar-refractivity contribution in [3.63, 3.8) is 0 Å². The Morgan fingerprint density at radius 2 is 1.86 bits per heavy atom. The second-order valence-corrected chi connectivity index (χ2v) is 10.6. The van der Waals surface area contributed by atoms with Gasteiger partial charge in [-0.15, -0.1) is 0 Å². The van der Waals surface area contributed by atoms with Crippen LogP contribution in [0.25, 0.3) is 22.1 Å². The molecule has 42 heavy (non-hydrogen) atoms. The molecule has 2 amide bonds. The molecule has 1 fully saturated rings. The van der Waals surface area contributed by atoms with Crippen LogP contribution in [0.15, 0.2) is 83.4 Å². The third-order valence-electron chi connectivity index (χ3n) is 7.73. The molecule has 0 atom stereocenters. The summed E-state index contributed by atoms with van der Waals surface area (Å²) < 4.78 is 25.3. The van der Waals surface area contributed by atoms with Crippen LogP contribution in [0.4, 0.5) is 4.39 Å². The third kappa shape index (κ3) is 5.11. The van der Waals surface area contributed by atoms with Crippen LogP contribution in [-0.4, -0.2) is 23.4 Å². The number of carbonyl (C=O) groups is 2. The van der Waals surface area contributed by atoms with Crippen molar-refractivity contribution in [1.82, 2.24) is 10.3 Å². The van der Waals surface area contributed by atoms with E-state index in [0.717, 1.165) is 40.8 Å². The number of primary amides is 1. The predicted molar refractivity (Wildman–Crippen MR) is 158 cm³/mol. The number of aryl methyl sites for hydroxylation is 1. The summed E-state index contributed by atoms with van der Waals surface area (Å²) >= 11 is 0. The molecule has 0 aliphatic heterocycles. The number of rotatable bonds is 9. The molecule has 212 valence electrons. The molecule has 1 saturated carbocycles. The number of hydrogen-bond donors (Lipinski definition) is 2. The lowest BCUT2D eigenvalue weighted by molar-refractivity contribution is 0.0925. The van der Waals surface area contributed by atoms with Crippen molar-refractivity contribution in [2.75, 3.05) is 6.61 Å². The molecule has 8 heteroatoms. The molecule has 1 aliphatic rings. The van der Waals surface area contributed by atoms with Crippen LogP contribution >= 0.6 is 0 Å². The first-order valence-corrected chi connectivity index (χ1v) is 13.9. The average molecular weight is 564 g/mol. The molecular weight excluding hydrogens is 533 g/mol. The lowest BCUT2D eigenvalue weighted by Crippen LogP contribution is -2.35. The molecule has 0 bridgehead atoms. The number of nitrogens with zero attached hydrogens (tertiary/aromatic N) is 1. The Balaban J connectivity index is 1.39. The lowest BCUT2D eigenvalue weighted by atomic mass is 9.95. The van der Waals surface area contributed by atoms with E-state index in [9.17, 15) is 14.0 Å². The van der Waals surface area contributed by atoms with Crippen molar-refractivity contribution < 1.29 is 23.1 Å². The number of benzene rings is 3. The number of hydrogen-bond acceptors (Lipinski definition) is 5. The fourth-order valence-corrected chi connectivity index (χ4v) is 5.44. The minimum absolute atomic E-state index is 0.244. The summed E-state index contributed by atoms with van der Waals surface area (Å²) in [4.78, 5) is 30.8. The number of ether oxygens (including phenoxy) is 1. The predicted octanol–water partition coefficient (Wildman–Crippen LogP) is 6.45. The van der Waals surface area contributed by atoms with Gasteiger partial charge in [-0.1, -0.05) is 24.3 Å². The van der Waals surface area contributed by atoms with Crippen LogP contribution in [0, 0.1) is 12.7 Å². The van der Waals surface area contributed by atoms with Gasteiger partial charge in [0, 0.05) is 18.0 Å². The zero-order valence-electron chi connectivity index (χ0n) is 23.4. The SMILES string of the molecule is CCOc1cc(C)c(-c2ccc3oc(Cc4ccc(F)cc4)c(C(N)=O)c3c2)cc1C(=O)NC1(c2ccccn2)CC1. The Labute approximate surface area is 242 Å². The largest absolute Gasteiger partial charge is 0.493 e. The van der Waals surface area contributed by atoms with Crippen molar-refractivity contribution in [2.24, 2.45) is 5.73 Å². The van der Waals surface area contributed by atoms with Crippen LogP contribution in [-0.2, 0) is 12.0 Å². The number of aromatic nitrogens is 1. The summed E-state index contributed by atoms with van der Waals surface area (Å²) in [5.41, 5.74) is 10.7. The Kier molecular flexibility index (Phi) is 6.98. The van der Waals surface area contributed by atoms with E-state index in [1.165, 1.54) is 12.1 Å². The van der Waals surface area contributed by atoms with E-state index in [0.29, 0.717) is 34.6 Å². The van der Waals surface area contributed by atoms with Crippen LogP contribution in [0.1, 0.15) is 63.1 Å². The summed E-state index contributed by atoms with van der Waals surface area (Å²) in [7, 11) is 0. The quantitative estimate of drug-likeness (QED) is 0.214. The molecule has 3 N–H and O–H groups in total. The van der Waals surface area contributed by atoms with Gasteiger partial charge in [0.25, 0.3) is 11.8 Å². The van der Waals surface area contributed by atoms with Gasteiger partial charge in [0.15, 0.2) is 0 Å². The highest BCUT2D eigenvalue weighted by Crippen LogP contribution is 2.45. The summed E-state index contributed by atoms with van der Waals surface area (Å²) in [6.07, 6.45) is 3.64. The fraction of sp³-hybridized carbons (Fsp3) is 0.206. The van der Waals surface area contributed by atoms with Gasteiger partial charge in [0.1, 0.15) is 22.9 Å². The monoisotopic (exact) mass is 563 g/mol. The molecule has 1 aliphatic carbocycles. The molecular formula is C34H30FN3O4. The van der Waals surface area contributed by atoms with Gasteiger partial charge in [-0.25, -0.2) is 4.39 Å². The highest BCUT2D eigenvalue weighted by molar-refractivity contribution is 6.08. The number of halogens is 1. The van der Waals surface area contributed by atoms with Crippen molar-refractivity contribution in [2.45, 2.75) is 38.6 Å². The minimum atomic E-state index is -0.615. The average Bonchev–Trinajstić information content (AvgIpc) is 3.67. The standard InChI is InChI=1S/C34H30FN3O4/c1-3-41-28-16-20(2)24(19-26(28)33(40)38-34(13-14-34)30-6-4-5-15-37-30)22-9-12-27-25(18-22)31(32(36)39)29(42-27)17-21-7-10-23(35)11-8-21/h4-12,15-16,18-19H,3,13-14,17H2,1-2H3,(H2,36,39)(H,38,40). The van der Waals surface area contributed by atoms with E-state index in [1.807, 2.05) is 56.3 Å². The van der Waals surface area contributed by atoms with Gasteiger partial charge in [-0.2, -0.15) is 0 Å². The number of furan rings is 1. The molecule has 6 rings (SSSR count). The number of nitrogens with two attached hydrogens (primary N) is 1. The van der Waals surface area contributed by atoms with E-state index >= 15 is 0 Å². The third-order valence-corrected chi connectivity index (χ3v) is 7.73. The maximum absolute atomic E-state index is 13.7. The summed E-state index contributed by atoms with van der Waals surface area (Å²) in [5.74, 6) is -0.292. The molecule has 0 spiro atoms. The highest BCUT2D eigenvalue weighted by Gasteiger charge is 2.47. The number of nitrogens with one attached hydrogen (secondary N) is 1. The topological polar surface area (TPSA) is 107 Å². The van der Waals surface area contributed by atoms with Gasteiger partial charge in [-0.3, -0.25) is 14.6 Å². The second-order valence-electron chi connectivity index (χ2n) is 10.6. The summed E-state index contributed by atoms with van der Waals surface area (Å²) in [6.45, 7) is 4.23. The van der Waals surface area contributed by atoms with Gasteiger partial charge < -0.3 is 20.2 Å². The molecule has 7 nitrogen and oxygen atoms in total. The number of carbonyl (C=O) groups excluding carboxylic acids is 2. The Bertz CT molecular complexity index is 1810. The first kappa shape index (κ1) is 27.2. The zero-order chi connectivity index (χ0) is 29.4. The molecule has 0 radical (unpaired) electrons. The van der Waals surface area contributed by atoms with E-state index in [-0.39, 0.29) is 23.7 Å². The van der Waals surface area contributed by atoms with E-state index in [4.69, 9.17) is 14.9 Å². The summed E-state index contributed by atoms with van der Waals surface area (Å²) in [5, 5.41) is 3.77. The maximum Gasteiger partial charge on any atom is 0.255 e. The molecule has 5 aromatic rings. The molecule has 0 unspecified atom stereocenters. The van der Waals surface area contributed by atoms with E-state index in [2.05, 4.69) is 10.3 Å². The van der Waals surface area contributed by atoms with E-state index in [1.54, 1.807) is 24.4 Å². The van der Waals surface area contributed by atoms with Crippen molar-refractivity contribution in [3.8, 4) is 16.9 Å². The van der Waals surface area contributed by atoms with Crippen molar-refractivity contribution in [1.29, 1.82) is 0 Å². The number of fused-ring (bicyclic) bond motifs is 1.